The van der Waals surface area contributed by atoms with Gasteiger partial charge in [0.25, 0.3) is 0 Å². The Balaban J connectivity index is 1.18. The van der Waals surface area contributed by atoms with Crippen LogP contribution in [0.2, 0.25) is 0 Å². The number of benzene rings is 12. The zero-order valence-corrected chi connectivity index (χ0v) is 58.5. The van der Waals surface area contributed by atoms with Crippen LogP contribution in [-0.2, 0) is 32.5 Å². The summed E-state index contributed by atoms with van der Waals surface area (Å²) in [5, 5.41) is 0.00220. The van der Waals surface area contributed by atoms with Crippen molar-refractivity contribution in [3.8, 4) is 61.7 Å². The fourth-order valence-corrected chi connectivity index (χ4v) is 15.6. The number of aromatic nitrogens is 1. The van der Waals surface area contributed by atoms with Crippen molar-refractivity contribution in [2.24, 2.45) is 0 Å². The largest absolute Gasteiger partial charge is 0.457 e. The van der Waals surface area contributed by atoms with Crippen LogP contribution in [0.15, 0.2) is 255 Å². The molecule has 1 aromatic heterocycles. The molecule has 0 atom stereocenters. The lowest BCUT2D eigenvalue weighted by molar-refractivity contribution is 0.435. The number of nitrogens with zero attached hydrogens (tertiary/aromatic N) is 2. The first-order valence-electron chi connectivity index (χ1n) is 38.3. The van der Waals surface area contributed by atoms with E-state index in [1.54, 1.807) is 4.57 Å². The molecule has 0 saturated heterocycles. The van der Waals surface area contributed by atoms with E-state index in [4.69, 9.17) is 4.74 Å². The molecule has 0 fully saturated rings. The number of fused-ring (bicyclic) bond motifs is 13. The molecule has 0 saturated carbocycles. The highest BCUT2D eigenvalue weighted by Gasteiger charge is 2.55. The van der Waals surface area contributed by atoms with Crippen molar-refractivity contribution in [3.63, 3.8) is 0 Å². The maximum atomic E-state index is 10.1. The number of rotatable bonds is 6. The monoisotopic (exact) mass is 1270 g/mol. The van der Waals surface area contributed by atoms with Crippen molar-refractivity contribution < 1.29 is 15.7 Å². The molecule has 12 aromatic carbocycles. The molecule has 0 aliphatic carbocycles. The second-order valence-electron chi connectivity index (χ2n) is 32.4. The normalized spacial score (nSPS) is 15.2. The zero-order chi connectivity index (χ0) is 74.4. The lowest BCUT2D eigenvalue weighted by atomic mass is 9.29. The number of anilines is 3. The van der Waals surface area contributed by atoms with Gasteiger partial charge in [-0.25, -0.2) is 0 Å². The Morgan fingerprint density at radius 3 is 1.27 bits per heavy atom. The number of hydrogen-bond donors (Lipinski definition) is 0. The van der Waals surface area contributed by atoms with Gasteiger partial charge in [0.15, 0.2) is 0 Å². The maximum Gasteiger partial charge on any atom is 0.247 e. The first-order valence-corrected chi connectivity index (χ1v) is 34.3. The highest BCUT2D eigenvalue weighted by atomic mass is 16.5. The minimum absolute atomic E-state index is 0.00110. The molecule has 478 valence electrons. The van der Waals surface area contributed by atoms with Gasteiger partial charge in [0.1, 0.15) is 11.5 Å². The molecular formula is C93H87BN2O. The Morgan fingerprint density at radius 2 is 0.784 bits per heavy atom. The van der Waals surface area contributed by atoms with Gasteiger partial charge in [-0.3, -0.25) is 0 Å². The van der Waals surface area contributed by atoms with E-state index < -0.39 is 48.4 Å². The molecule has 3 aliphatic rings. The highest BCUT2D eigenvalue weighted by Crippen LogP contribution is 2.59. The van der Waals surface area contributed by atoms with Gasteiger partial charge in [-0.2, -0.15) is 0 Å². The number of ether oxygens (including phenoxy) is 1. The van der Waals surface area contributed by atoms with Crippen LogP contribution < -0.4 is 26.0 Å². The van der Waals surface area contributed by atoms with Crippen molar-refractivity contribution in [2.45, 2.75) is 136 Å². The van der Waals surface area contributed by atoms with Crippen molar-refractivity contribution >= 4 is 62.0 Å². The molecular weight excluding hydrogens is 1170 g/mol. The molecule has 3 aliphatic heterocycles. The van der Waals surface area contributed by atoms with Gasteiger partial charge < -0.3 is 14.2 Å². The van der Waals surface area contributed by atoms with E-state index in [9.17, 15) is 11.0 Å². The Labute approximate surface area is 586 Å². The molecule has 1 spiro atoms. The average molecular weight is 1270 g/mol. The number of hydrogen-bond acceptors (Lipinski definition) is 2. The molecule has 3 nitrogen and oxygen atoms in total. The summed E-state index contributed by atoms with van der Waals surface area (Å²) in [6, 6.07) is 72.0. The molecule has 0 radical (unpaired) electrons. The second kappa shape index (κ2) is 22.1. The first-order chi connectivity index (χ1) is 49.6. The standard InChI is InChI=1S/C93H87BN2O/c1-88(2,3)64-46-62(47-65(52-64)89(4,5)6)60-42-44-74-79(50-60)94-78-45-43-61(63-48-66(90(7,8)9)53-67(49-63)91(10,11)12)51-82(78)96(87-72(58-30-18-16-19-31-58)54-68(92(13,14)15)55-73(87)59-32-20-17-21-33-59)83-57-69(95-80-38-26-22-34-70(80)71-35-23-27-39-81(71)95)56-77(86(83)94)93(74)75-36-24-28-40-84(75)97-85-41-29-25-37-76(85)93/h16-57H,1-15H3/i22D,23D,26D,27D,34D,35D,38D,39D. The molecule has 97 heavy (non-hydrogen) atoms. The smallest absolute Gasteiger partial charge is 0.247 e. The van der Waals surface area contributed by atoms with Crippen LogP contribution in [0.25, 0.3) is 72.0 Å². The summed E-state index contributed by atoms with van der Waals surface area (Å²) in [7, 11) is 0. The molecule has 4 heteroatoms. The molecule has 0 amide bonds. The zero-order valence-electron chi connectivity index (χ0n) is 66.5. The summed E-state index contributed by atoms with van der Waals surface area (Å²) in [5.74, 6) is 1.33. The summed E-state index contributed by atoms with van der Waals surface area (Å²) >= 11 is 0. The predicted octanol–water partition coefficient (Wildman–Crippen LogP) is 23.0. The van der Waals surface area contributed by atoms with Crippen LogP contribution in [0.1, 0.15) is 165 Å². The fourth-order valence-electron chi connectivity index (χ4n) is 15.6. The van der Waals surface area contributed by atoms with Gasteiger partial charge in [-0.1, -0.05) is 309 Å². The topological polar surface area (TPSA) is 17.4 Å². The van der Waals surface area contributed by atoms with Gasteiger partial charge >= 0.3 is 0 Å². The third-order valence-corrected chi connectivity index (χ3v) is 20.9. The van der Waals surface area contributed by atoms with Gasteiger partial charge in [0.05, 0.1) is 33.1 Å². The Hall–Kier alpha value is -9.90. The van der Waals surface area contributed by atoms with Crippen LogP contribution >= 0.6 is 0 Å². The van der Waals surface area contributed by atoms with Crippen molar-refractivity contribution in [2.75, 3.05) is 4.90 Å². The van der Waals surface area contributed by atoms with E-state index in [2.05, 4.69) is 291 Å². The highest BCUT2D eigenvalue weighted by molar-refractivity contribution is 6.99. The van der Waals surface area contributed by atoms with Crippen LogP contribution in [0.4, 0.5) is 17.1 Å². The Kier molecular flexibility index (Phi) is 12.1. The minimum Gasteiger partial charge on any atom is -0.457 e. The van der Waals surface area contributed by atoms with Crippen LogP contribution in [0, 0.1) is 0 Å². The van der Waals surface area contributed by atoms with Crippen molar-refractivity contribution in [1.29, 1.82) is 0 Å². The van der Waals surface area contributed by atoms with Crippen molar-refractivity contribution in [3.05, 3.63) is 305 Å². The SMILES string of the molecule is [2H]c1c([2H])c([2H])c2c(c1[2H])c1c([2H])c([2H])c([2H])c([2H])c1n2-c1cc2c3c(c1)C1(c4ccccc4Oc4ccccc41)c1ccc(-c4cc(C(C)(C)C)cc(C(C)(C)C)c4)cc1B3c1ccc(-c3cc(C(C)(C)C)cc(C(C)(C)C)c3)cc1N2c1c(-c2ccccc2)cc(C(C)(C)C)cc1-c1ccccc1. The van der Waals surface area contributed by atoms with Crippen LogP contribution in [0.3, 0.4) is 0 Å². The van der Waals surface area contributed by atoms with Crippen LogP contribution in [0.5, 0.6) is 11.5 Å². The van der Waals surface area contributed by atoms with E-state index in [1.807, 2.05) is 24.3 Å². The molecule has 0 bridgehead atoms. The summed E-state index contributed by atoms with van der Waals surface area (Å²) in [4.78, 5) is 2.49. The van der Waals surface area contributed by atoms with E-state index >= 15 is 0 Å². The Morgan fingerprint density at radius 1 is 0.351 bits per heavy atom. The minimum atomic E-state index is -1.22. The summed E-state index contributed by atoms with van der Waals surface area (Å²) in [6.07, 6.45) is 0. The molecule has 16 rings (SSSR count). The van der Waals surface area contributed by atoms with E-state index in [1.165, 1.54) is 22.3 Å². The fraction of sp³-hybridized carbons (Fsp3) is 0.226. The van der Waals surface area contributed by atoms with Gasteiger partial charge in [0.2, 0.25) is 6.71 Å². The summed E-state index contributed by atoms with van der Waals surface area (Å²) in [5.41, 5.74) is 21.8. The van der Waals surface area contributed by atoms with Crippen LogP contribution in [-0.4, -0.2) is 11.3 Å². The molecule has 0 unspecified atom stereocenters. The Bertz CT molecular complexity index is 5590. The first kappa shape index (κ1) is 53.3. The van der Waals surface area contributed by atoms with Crippen molar-refractivity contribution in [1.82, 2.24) is 4.57 Å². The third-order valence-electron chi connectivity index (χ3n) is 20.9. The third kappa shape index (κ3) is 10.1. The summed E-state index contributed by atoms with van der Waals surface area (Å²) in [6.45, 7) is 33.7. The average Bonchev–Trinajstić information content (AvgIpc) is 1.03. The van der Waals surface area contributed by atoms with Gasteiger partial charge in [-0.05, 0) is 165 Å². The summed E-state index contributed by atoms with van der Waals surface area (Å²) < 4.78 is 86.3. The number of para-hydroxylation sites is 4. The molecule has 13 aromatic rings. The lowest BCUT2D eigenvalue weighted by Gasteiger charge is -2.50. The van der Waals surface area contributed by atoms with E-state index in [-0.39, 0.29) is 61.0 Å². The second-order valence-corrected chi connectivity index (χ2v) is 32.4. The lowest BCUT2D eigenvalue weighted by Crippen LogP contribution is -2.65. The van der Waals surface area contributed by atoms with E-state index in [0.717, 1.165) is 106 Å². The van der Waals surface area contributed by atoms with Gasteiger partial charge in [0, 0.05) is 50.1 Å². The maximum absolute atomic E-state index is 10.1. The van der Waals surface area contributed by atoms with Gasteiger partial charge in [-0.15, -0.1) is 0 Å². The molecule has 0 N–H and O–H groups in total. The predicted molar refractivity (Wildman–Crippen MR) is 414 cm³/mol. The quantitative estimate of drug-likeness (QED) is 0.154. The van der Waals surface area contributed by atoms with E-state index in [0.29, 0.717) is 17.2 Å². The molecule has 4 heterocycles.